The van der Waals surface area contributed by atoms with Crippen molar-refractivity contribution >= 4 is 40.5 Å². The number of halogens is 12. The molecule has 0 saturated carbocycles. The van der Waals surface area contributed by atoms with E-state index in [2.05, 4.69) is 16.7 Å². The third kappa shape index (κ3) is 12.9. The lowest BCUT2D eigenvalue weighted by atomic mass is 9.94. The maximum atomic E-state index is 14.0. The van der Waals surface area contributed by atoms with Crippen LogP contribution in [0.2, 0.25) is 0 Å². The Morgan fingerprint density at radius 2 is 0.283 bits per heavy atom. The molecule has 10 aromatic carbocycles. The van der Waals surface area contributed by atoms with E-state index in [4.69, 9.17) is 0 Å². The molecule has 28 heteroatoms. The largest absolute Gasteiger partial charge is 0.534 e. The highest BCUT2D eigenvalue weighted by molar-refractivity contribution is 7.88. The van der Waals surface area contributed by atoms with Crippen LogP contribution in [0.3, 0.4) is 0 Å². The molecule has 0 aromatic heterocycles. The number of hydrogen-bond acceptors (Lipinski definition) is 12. The summed E-state index contributed by atoms with van der Waals surface area (Å²) in [5, 5.41) is 0. The summed E-state index contributed by atoms with van der Waals surface area (Å²) in [5.41, 5.74) is -20.8. The fraction of sp³-hybridized carbons (Fsp3) is 0.0625. The van der Waals surface area contributed by atoms with Crippen molar-refractivity contribution in [3.8, 4) is 134 Å². The summed E-state index contributed by atoms with van der Waals surface area (Å²) in [6, 6.07) is 50.7. The van der Waals surface area contributed by atoms with E-state index in [0.29, 0.717) is 91.0 Å². The molecule has 0 radical (unpaired) electrons. The van der Waals surface area contributed by atoms with Crippen LogP contribution in [0.4, 0.5) is 52.7 Å². The third-order valence-corrected chi connectivity index (χ3v) is 18.3. The van der Waals surface area contributed by atoms with E-state index in [1.165, 1.54) is 97.1 Å². The van der Waals surface area contributed by atoms with Crippen LogP contribution in [0.5, 0.6) is 23.0 Å². The van der Waals surface area contributed by atoms with E-state index in [1.54, 1.807) is 97.1 Å². The molecule has 0 atom stereocenters. The normalized spacial score (nSPS) is 12.9. The second-order valence-electron chi connectivity index (χ2n) is 20.2. The van der Waals surface area contributed by atoms with E-state index in [9.17, 15) is 86.4 Å². The summed E-state index contributed by atoms with van der Waals surface area (Å²) in [4.78, 5) is 0. The number of rotatable bonds is 8. The Balaban J connectivity index is 1.04. The molecule has 0 spiro atoms. The molecule has 10 aromatic rings. The number of hydrogen-bond donors (Lipinski definition) is 0. The molecule has 12 nitrogen and oxygen atoms in total. The summed E-state index contributed by atoms with van der Waals surface area (Å²) >= 11 is 0. The Kier molecular flexibility index (Phi) is 16.1. The van der Waals surface area contributed by atoms with Crippen LogP contribution in [-0.2, 0) is 40.5 Å². The minimum atomic E-state index is -6.48. The molecular formula is C64H36F12O12S4. The Labute approximate surface area is 515 Å². The van der Waals surface area contributed by atoms with Gasteiger partial charge < -0.3 is 16.7 Å². The van der Waals surface area contributed by atoms with Crippen molar-refractivity contribution in [3.05, 3.63) is 218 Å². The van der Waals surface area contributed by atoms with Crippen LogP contribution in [0.25, 0.3) is 111 Å². The maximum Gasteiger partial charge on any atom is 0.534 e. The molecule has 20 bridgehead atoms. The summed E-state index contributed by atoms with van der Waals surface area (Å²) in [5.74, 6) is -4.27. The van der Waals surface area contributed by atoms with Crippen LogP contribution in [0, 0.1) is 0 Å². The first-order chi connectivity index (χ1) is 43.0. The zero-order chi connectivity index (χ0) is 66.1. The number of alkyl halides is 12. The first kappa shape index (κ1) is 63.9. The highest BCUT2D eigenvalue weighted by Crippen LogP contribution is 2.48. The average Bonchev–Trinajstić information content (AvgIpc) is 0.782. The molecule has 472 valence electrons. The highest BCUT2D eigenvalue weighted by Gasteiger charge is 2.52. The van der Waals surface area contributed by atoms with Crippen molar-refractivity contribution in [1.82, 2.24) is 0 Å². The van der Waals surface area contributed by atoms with Gasteiger partial charge in [0.25, 0.3) is 0 Å². The topological polar surface area (TPSA) is 173 Å². The zero-order valence-corrected chi connectivity index (χ0v) is 49.1. The summed E-state index contributed by atoms with van der Waals surface area (Å²) in [6.45, 7) is 0. The Bertz CT molecular complexity index is 4320. The molecule has 0 unspecified atom stereocenters. The monoisotopic (exact) mass is 1350 g/mol. The third-order valence-electron chi connectivity index (χ3n) is 14.4. The molecule has 0 amide bonds. The molecule has 92 heavy (non-hydrogen) atoms. The van der Waals surface area contributed by atoms with Gasteiger partial charge in [0.1, 0.15) is 0 Å². The molecule has 0 saturated heterocycles. The molecule has 0 heterocycles. The lowest BCUT2D eigenvalue weighted by Gasteiger charge is -2.19. The summed E-state index contributed by atoms with van der Waals surface area (Å²) in [7, 11) is -25.9. The van der Waals surface area contributed by atoms with Crippen molar-refractivity contribution < 1.29 is 103 Å². The van der Waals surface area contributed by atoms with Crippen LogP contribution >= 0.6 is 0 Å². The van der Waals surface area contributed by atoms with Gasteiger partial charge in [0, 0.05) is 22.3 Å². The van der Waals surface area contributed by atoms with E-state index in [1.807, 2.05) is 0 Å². The van der Waals surface area contributed by atoms with Gasteiger partial charge in [0.05, 0.1) is 0 Å². The van der Waals surface area contributed by atoms with Crippen LogP contribution in [0.15, 0.2) is 218 Å². The fourth-order valence-electron chi connectivity index (χ4n) is 9.75. The van der Waals surface area contributed by atoms with Crippen LogP contribution < -0.4 is 16.7 Å². The van der Waals surface area contributed by atoms with Crippen molar-refractivity contribution in [2.45, 2.75) is 22.0 Å². The first-order valence-corrected chi connectivity index (χ1v) is 31.9. The molecule has 28 aliphatic rings. The van der Waals surface area contributed by atoms with Gasteiger partial charge in [-0.05, 0) is 113 Å². The summed E-state index contributed by atoms with van der Waals surface area (Å²) < 4.78 is 287. The van der Waals surface area contributed by atoms with Gasteiger partial charge in [-0.25, -0.2) is 0 Å². The molecule has 28 aliphatic carbocycles. The lowest BCUT2D eigenvalue weighted by Crippen LogP contribution is -2.29. The Morgan fingerprint density at radius 3 is 0.380 bits per heavy atom. The van der Waals surface area contributed by atoms with Crippen LogP contribution in [-0.4, -0.2) is 55.7 Å². The van der Waals surface area contributed by atoms with Gasteiger partial charge in [-0.15, -0.1) is 0 Å². The SMILES string of the molecule is O=S(=O)(Oc1cc2c(OS(=O)(=O)C(F)(F)F)cc1-c1ccc(cc1)-c1ccc(cc1)-c1ccc(cc1)-c1ccc(cc1)-c1cc(OS(=O)(=O)C(F)(F)F)c(cc1OS(=O)(=O)C(F)(F)F)-c1ccc(cc1)-c1ccc(cc1)-c1ccc(cc1)-c1ccc-2cc1)C(F)(F)F. The average molecular weight is 1350 g/mol. The van der Waals surface area contributed by atoms with Crippen molar-refractivity contribution in [3.63, 3.8) is 0 Å². The quantitative estimate of drug-likeness (QED) is 0.0801. The van der Waals surface area contributed by atoms with Crippen LogP contribution in [0.1, 0.15) is 0 Å². The first-order valence-electron chi connectivity index (χ1n) is 26.3. The smallest absolute Gasteiger partial charge is 0.375 e. The highest BCUT2D eigenvalue weighted by atomic mass is 32.2. The van der Waals surface area contributed by atoms with Crippen molar-refractivity contribution in [1.29, 1.82) is 0 Å². The summed E-state index contributed by atoms with van der Waals surface area (Å²) in [6.07, 6.45) is 0. The van der Waals surface area contributed by atoms with E-state index in [-0.39, 0.29) is 22.3 Å². The predicted molar refractivity (Wildman–Crippen MR) is 317 cm³/mol. The van der Waals surface area contributed by atoms with E-state index < -0.39 is 108 Å². The Morgan fingerprint density at radius 1 is 0.185 bits per heavy atom. The zero-order valence-electron chi connectivity index (χ0n) is 45.9. The minimum absolute atomic E-state index is 0.169. The molecular weight excluding hydrogens is 1320 g/mol. The van der Waals surface area contributed by atoms with E-state index >= 15 is 0 Å². The molecule has 38 rings (SSSR count). The van der Waals surface area contributed by atoms with Gasteiger partial charge >= 0.3 is 62.5 Å². The fourth-order valence-corrected chi connectivity index (χ4v) is 11.6. The standard InChI is InChI=1S/C64H36F12O12S4/c65-61(66,67)89(77,78)85-57-34-54-51-29-21-47(22-30-51)43-13-5-39(6-14-43)40-7-15-44(16-8-40)48-23-31-52(32-24-48)56-36-59(87-91(81,82)63(71,72)73)55(35-60(56)88-92(83,84)64(74,75)76)50-27-19-46(20-28-50)42-11-3-38(4-12-42)37-1-9-41(10-2-37)45-17-25-49(26-18-45)53(57)33-58(54)86-90(79,80)62(68,69)70/h1-36H. The molecule has 0 aliphatic heterocycles. The molecule has 0 fully saturated rings. The van der Waals surface area contributed by atoms with Crippen molar-refractivity contribution in [2.75, 3.05) is 0 Å². The Hall–Kier alpha value is -9.64. The van der Waals surface area contributed by atoms with Gasteiger partial charge in [0.15, 0.2) is 23.0 Å². The van der Waals surface area contributed by atoms with Gasteiger partial charge in [-0.1, -0.05) is 194 Å². The van der Waals surface area contributed by atoms with Gasteiger partial charge in [-0.3, -0.25) is 0 Å². The van der Waals surface area contributed by atoms with Gasteiger partial charge in [-0.2, -0.15) is 86.4 Å². The predicted octanol–water partition coefficient (Wildman–Crippen LogP) is 17.6. The lowest BCUT2D eigenvalue weighted by molar-refractivity contribution is -0.0505. The van der Waals surface area contributed by atoms with E-state index in [0.717, 1.165) is 0 Å². The van der Waals surface area contributed by atoms with Gasteiger partial charge in [0.2, 0.25) is 0 Å². The second kappa shape index (κ2) is 23.2. The molecule has 0 N–H and O–H groups in total. The number of benzene rings is 10. The van der Waals surface area contributed by atoms with Crippen molar-refractivity contribution in [2.24, 2.45) is 0 Å². The maximum absolute atomic E-state index is 14.0. The second-order valence-corrected chi connectivity index (χ2v) is 26.4. The minimum Gasteiger partial charge on any atom is -0.375 e.